The number of thiazole rings is 1. The number of nitrogens with one attached hydrogen (secondary N) is 2. The van der Waals surface area contributed by atoms with E-state index >= 15 is 0 Å². The molecule has 0 saturated heterocycles. The summed E-state index contributed by atoms with van der Waals surface area (Å²) >= 11 is 1.15. The van der Waals surface area contributed by atoms with Gasteiger partial charge in [-0.1, -0.05) is 11.3 Å². The number of pyridine rings is 1. The molecule has 0 atom stereocenters. The van der Waals surface area contributed by atoms with Gasteiger partial charge in [-0.3, -0.25) is 4.79 Å². The molecule has 0 unspecified atom stereocenters. The van der Waals surface area contributed by atoms with Crippen molar-refractivity contribution in [2.45, 2.75) is 6.54 Å². The summed E-state index contributed by atoms with van der Waals surface area (Å²) in [5, 5.41) is 5.90. The van der Waals surface area contributed by atoms with E-state index in [0.29, 0.717) is 6.54 Å². The van der Waals surface area contributed by atoms with Crippen molar-refractivity contribution in [2.24, 2.45) is 0 Å². The lowest BCUT2D eigenvalue weighted by atomic mass is 10.3. The summed E-state index contributed by atoms with van der Waals surface area (Å²) in [7, 11) is 0. The minimum Gasteiger partial charge on any atom is -0.464 e. The Morgan fingerprint density at radius 2 is 2.41 bits per heavy atom. The highest BCUT2D eigenvalue weighted by atomic mass is 32.1. The summed E-state index contributed by atoms with van der Waals surface area (Å²) < 4.78 is 5.28. The zero-order valence-corrected chi connectivity index (χ0v) is 9.58. The van der Waals surface area contributed by atoms with Gasteiger partial charge in [-0.05, 0) is 12.1 Å². The molecule has 0 bridgehead atoms. The van der Waals surface area contributed by atoms with Crippen LogP contribution in [0.4, 0.5) is 5.82 Å². The van der Waals surface area contributed by atoms with Crippen LogP contribution in [0.1, 0.15) is 5.69 Å². The third-order valence-electron chi connectivity index (χ3n) is 2.40. The molecule has 0 aliphatic rings. The van der Waals surface area contributed by atoms with Crippen LogP contribution in [-0.4, -0.2) is 9.97 Å². The lowest BCUT2D eigenvalue weighted by molar-refractivity contribution is 0.615. The summed E-state index contributed by atoms with van der Waals surface area (Å²) in [6, 6.07) is 3.67. The predicted octanol–water partition coefficient (Wildman–Crippen LogP) is 2.19. The first-order chi connectivity index (χ1) is 8.33. The van der Waals surface area contributed by atoms with Crippen LogP contribution in [0.15, 0.2) is 39.2 Å². The van der Waals surface area contributed by atoms with Crippen LogP contribution in [0.5, 0.6) is 0 Å². The van der Waals surface area contributed by atoms with Crippen LogP contribution >= 0.6 is 11.3 Å². The number of aromatic nitrogens is 2. The fourth-order valence-electron chi connectivity index (χ4n) is 1.62. The average Bonchev–Trinajstić information content (AvgIpc) is 2.94. The second-order valence-corrected chi connectivity index (χ2v) is 4.36. The fourth-order valence-corrected chi connectivity index (χ4v) is 2.20. The maximum absolute atomic E-state index is 11.0. The van der Waals surface area contributed by atoms with Crippen LogP contribution in [0, 0.1) is 0 Å². The summed E-state index contributed by atoms with van der Waals surface area (Å²) in [4.78, 5) is 17.9. The Morgan fingerprint density at radius 1 is 1.47 bits per heavy atom. The maximum Gasteiger partial charge on any atom is 0.304 e. The maximum atomic E-state index is 11.0. The van der Waals surface area contributed by atoms with E-state index in [9.17, 15) is 4.79 Å². The number of anilines is 1. The highest BCUT2D eigenvalue weighted by Crippen LogP contribution is 2.21. The molecule has 3 aromatic heterocycles. The Morgan fingerprint density at radius 3 is 3.24 bits per heavy atom. The van der Waals surface area contributed by atoms with Crippen LogP contribution in [0.3, 0.4) is 0 Å². The van der Waals surface area contributed by atoms with Gasteiger partial charge in [-0.2, -0.15) is 0 Å². The third-order valence-corrected chi connectivity index (χ3v) is 3.12. The van der Waals surface area contributed by atoms with Crippen LogP contribution in [0.2, 0.25) is 0 Å². The quantitative estimate of drug-likeness (QED) is 0.744. The highest BCUT2D eigenvalue weighted by Gasteiger charge is 2.04. The number of fused-ring (bicyclic) bond motifs is 1. The fraction of sp³-hybridized carbons (Fsp3) is 0.0909. The SMILES string of the molecule is O=c1[nH]c(CNc2nccc3occc23)cs1. The Hall–Kier alpha value is -2.08. The largest absolute Gasteiger partial charge is 0.464 e. The van der Waals surface area contributed by atoms with Crippen molar-refractivity contribution < 1.29 is 4.42 Å². The molecule has 3 heterocycles. The zero-order chi connectivity index (χ0) is 11.7. The molecular formula is C11H9N3O2S. The van der Waals surface area contributed by atoms with E-state index < -0.39 is 0 Å². The molecule has 0 saturated carbocycles. The first-order valence-electron chi connectivity index (χ1n) is 5.06. The molecule has 0 aromatic carbocycles. The summed E-state index contributed by atoms with van der Waals surface area (Å²) in [5.41, 5.74) is 1.64. The second kappa shape index (κ2) is 4.06. The van der Waals surface area contributed by atoms with Gasteiger partial charge >= 0.3 is 4.87 Å². The molecule has 3 rings (SSSR count). The standard InChI is InChI=1S/C11H9N3O2S/c15-11-14-7(6-17-11)5-13-10-8-2-4-16-9(8)1-3-12-10/h1-4,6H,5H2,(H,12,13)(H,14,15). The van der Waals surface area contributed by atoms with Crippen molar-refractivity contribution in [1.82, 2.24) is 9.97 Å². The number of nitrogens with zero attached hydrogens (tertiary/aromatic N) is 1. The molecular weight excluding hydrogens is 238 g/mol. The zero-order valence-electron chi connectivity index (χ0n) is 8.77. The summed E-state index contributed by atoms with van der Waals surface area (Å²) in [6.07, 6.45) is 3.31. The van der Waals surface area contributed by atoms with E-state index in [2.05, 4.69) is 15.3 Å². The topological polar surface area (TPSA) is 70.9 Å². The Bertz CT molecular complexity index is 698. The predicted molar refractivity (Wildman–Crippen MR) is 66.3 cm³/mol. The lowest BCUT2D eigenvalue weighted by Gasteiger charge is -2.04. The molecule has 0 aliphatic carbocycles. The highest BCUT2D eigenvalue weighted by molar-refractivity contribution is 7.07. The van der Waals surface area contributed by atoms with Gasteiger partial charge in [0.25, 0.3) is 0 Å². The molecule has 0 spiro atoms. The van der Waals surface area contributed by atoms with Gasteiger partial charge < -0.3 is 14.7 Å². The van der Waals surface area contributed by atoms with Crippen molar-refractivity contribution in [1.29, 1.82) is 0 Å². The van der Waals surface area contributed by atoms with Gasteiger partial charge in [0.2, 0.25) is 0 Å². The van der Waals surface area contributed by atoms with Gasteiger partial charge in [0, 0.05) is 17.3 Å². The normalized spacial score (nSPS) is 10.8. The Labute approximate surface area is 100 Å². The van der Waals surface area contributed by atoms with Gasteiger partial charge in [-0.15, -0.1) is 0 Å². The van der Waals surface area contributed by atoms with Gasteiger partial charge in [0.1, 0.15) is 11.4 Å². The first-order valence-corrected chi connectivity index (χ1v) is 5.94. The third kappa shape index (κ3) is 1.94. The molecule has 6 heteroatoms. The molecule has 0 amide bonds. The first kappa shape index (κ1) is 10.1. The van der Waals surface area contributed by atoms with Gasteiger partial charge in [-0.25, -0.2) is 4.98 Å². The van der Waals surface area contributed by atoms with Crippen molar-refractivity contribution in [3.05, 3.63) is 45.3 Å². The molecule has 17 heavy (non-hydrogen) atoms. The summed E-state index contributed by atoms with van der Waals surface area (Å²) in [5.74, 6) is 0.753. The second-order valence-electron chi connectivity index (χ2n) is 3.52. The number of furan rings is 1. The molecule has 0 aliphatic heterocycles. The van der Waals surface area contributed by atoms with Crippen LogP contribution in [0.25, 0.3) is 11.0 Å². The number of hydrogen-bond acceptors (Lipinski definition) is 5. The molecule has 86 valence electrons. The van der Waals surface area contributed by atoms with E-state index in [0.717, 1.165) is 33.8 Å². The minimum atomic E-state index is -0.0451. The van der Waals surface area contributed by atoms with Crippen molar-refractivity contribution >= 4 is 28.1 Å². The number of rotatable bonds is 3. The lowest BCUT2D eigenvalue weighted by Crippen LogP contribution is -2.04. The number of aromatic amines is 1. The van der Waals surface area contributed by atoms with E-state index in [4.69, 9.17) is 4.42 Å². The van der Waals surface area contributed by atoms with Crippen molar-refractivity contribution in [2.75, 3.05) is 5.32 Å². The van der Waals surface area contributed by atoms with Crippen LogP contribution in [-0.2, 0) is 6.54 Å². The average molecular weight is 247 g/mol. The minimum absolute atomic E-state index is 0.0451. The van der Waals surface area contributed by atoms with Gasteiger partial charge in [0.05, 0.1) is 18.2 Å². The Kier molecular flexibility index (Phi) is 2.41. The molecule has 0 fully saturated rings. The Balaban J connectivity index is 1.85. The van der Waals surface area contributed by atoms with E-state index in [1.165, 1.54) is 0 Å². The molecule has 0 radical (unpaired) electrons. The van der Waals surface area contributed by atoms with Crippen molar-refractivity contribution in [3.63, 3.8) is 0 Å². The molecule has 3 aromatic rings. The summed E-state index contributed by atoms with van der Waals surface area (Å²) in [6.45, 7) is 0.538. The molecule has 2 N–H and O–H groups in total. The number of H-pyrrole nitrogens is 1. The van der Waals surface area contributed by atoms with E-state index in [1.54, 1.807) is 17.8 Å². The van der Waals surface area contributed by atoms with E-state index in [1.807, 2.05) is 12.1 Å². The van der Waals surface area contributed by atoms with Gasteiger partial charge in [0.15, 0.2) is 0 Å². The van der Waals surface area contributed by atoms with Crippen molar-refractivity contribution in [3.8, 4) is 0 Å². The van der Waals surface area contributed by atoms with E-state index in [-0.39, 0.29) is 4.87 Å². The van der Waals surface area contributed by atoms with Crippen LogP contribution < -0.4 is 10.2 Å². The number of hydrogen-bond donors (Lipinski definition) is 2. The smallest absolute Gasteiger partial charge is 0.304 e. The monoisotopic (exact) mass is 247 g/mol. The molecule has 5 nitrogen and oxygen atoms in total.